The molecule has 260 valence electrons. The Morgan fingerprint density at radius 3 is 2.14 bits per heavy atom. The first-order valence-electron chi connectivity index (χ1n) is 16.3. The molecule has 4 atom stereocenters. The zero-order valence-corrected chi connectivity index (χ0v) is 29.9. The molecule has 4 aliphatic rings. The van der Waals surface area contributed by atoms with Crippen LogP contribution in [0.1, 0.15) is 35.4 Å². The molecule has 7 rings (SSSR count). The number of fused-ring (bicyclic) bond motifs is 3. The fourth-order valence-corrected chi connectivity index (χ4v) is 8.34. The molecular formula is C40H34BrNO9. The quantitative estimate of drug-likeness (QED) is 0.118. The van der Waals surface area contributed by atoms with Gasteiger partial charge in [0.1, 0.15) is 28.7 Å². The lowest BCUT2D eigenvalue weighted by Crippen LogP contribution is -2.39. The number of phenols is 1. The van der Waals surface area contributed by atoms with Crippen LogP contribution in [-0.2, 0) is 19.2 Å². The molecule has 11 heteroatoms. The van der Waals surface area contributed by atoms with E-state index in [4.69, 9.17) is 18.9 Å². The van der Waals surface area contributed by atoms with Crippen molar-refractivity contribution >= 4 is 57.2 Å². The van der Waals surface area contributed by atoms with E-state index in [1.807, 2.05) is 48.6 Å². The van der Waals surface area contributed by atoms with Gasteiger partial charge in [0.15, 0.2) is 11.6 Å². The van der Waals surface area contributed by atoms with Gasteiger partial charge in [0.05, 0.1) is 50.4 Å². The second kappa shape index (κ2) is 13.4. The van der Waals surface area contributed by atoms with Crippen LogP contribution in [0, 0.1) is 17.8 Å². The monoisotopic (exact) mass is 751 g/mol. The smallest absolute Gasteiger partial charge is 0.238 e. The highest BCUT2D eigenvalue weighted by atomic mass is 79.9. The number of carbonyl (C=O) groups is 4. The highest BCUT2D eigenvalue weighted by Gasteiger charge is 2.57. The molecule has 51 heavy (non-hydrogen) atoms. The number of carbonyl (C=O) groups excluding carboxylic acids is 4. The molecule has 1 saturated heterocycles. The van der Waals surface area contributed by atoms with Crippen molar-refractivity contribution in [1.29, 1.82) is 0 Å². The lowest BCUT2D eigenvalue weighted by atomic mass is 9.59. The third kappa shape index (κ3) is 5.65. The summed E-state index contributed by atoms with van der Waals surface area (Å²) < 4.78 is 22.3. The number of hydrogen-bond donors (Lipinski definition) is 1. The van der Waals surface area contributed by atoms with Crippen LogP contribution in [0.2, 0.25) is 0 Å². The average molecular weight is 753 g/mol. The molecular weight excluding hydrogens is 718 g/mol. The Balaban J connectivity index is 1.24. The summed E-state index contributed by atoms with van der Waals surface area (Å²) in [6, 6.07) is 15.5. The van der Waals surface area contributed by atoms with E-state index >= 15 is 0 Å². The Kier molecular flexibility index (Phi) is 8.93. The molecule has 0 radical (unpaired) electrons. The number of phenolic OH excluding ortho intramolecular Hbond substituents is 1. The maximum absolute atomic E-state index is 14.4. The molecule has 0 aromatic heterocycles. The number of benzene rings is 3. The van der Waals surface area contributed by atoms with Gasteiger partial charge in [0.25, 0.3) is 0 Å². The second-order valence-corrected chi connectivity index (χ2v) is 13.6. The second-order valence-electron chi connectivity index (χ2n) is 12.7. The number of nitrogens with zero attached hydrogens (tertiary/aromatic N) is 1. The minimum absolute atomic E-state index is 0.103. The Bertz CT molecular complexity index is 2100. The Morgan fingerprint density at radius 2 is 1.49 bits per heavy atom. The van der Waals surface area contributed by atoms with Gasteiger partial charge in [0.2, 0.25) is 11.8 Å². The van der Waals surface area contributed by atoms with E-state index in [1.165, 1.54) is 37.3 Å². The van der Waals surface area contributed by atoms with Crippen LogP contribution >= 0.6 is 15.9 Å². The number of allylic oxidation sites excluding steroid dienone is 6. The van der Waals surface area contributed by atoms with Crippen molar-refractivity contribution < 1.29 is 43.2 Å². The molecule has 3 aromatic rings. The van der Waals surface area contributed by atoms with Crippen molar-refractivity contribution in [2.45, 2.75) is 18.8 Å². The van der Waals surface area contributed by atoms with Gasteiger partial charge >= 0.3 is 0 Å². The van der Waals surface area contributed by atoms with Crippen LogP contribution < -0.4 is 23.8 Å². The van der Waals surface area contributed by atoms with E-state index in [-0.39, 0.29) is 69.1 Å². The number of rotatable bonds is 8. The molecule has 2 amide bonds. The van der Waals surface area contributed by atoms with Crippen LogP contribution in [0.15, 0.2) is 88.0 Å². The van der Waals surface area contributed by atoms with E-state index in [2.05, 4.69) is 15.9 Å². The molecule has 3 aliphatic carbocycles. The van der Waals surface area contributed by atoms with Crippen molar-refractivity contribution in [2.24, 2.45) is 17.8 Å². The van der Waals surface area contributed by atoms with E-state index in [9.17, 15) is 24.3 Å². The zero-order valence-electron chi connectivity index (χ0n) is 28.3. The number of anilines is 1. The summed E-state index contributed by atoms with van der Waals surface area (Å²) >= 11 is 3.26. The van der Waals surface area contributed by atoms with Crippen molar-refractivity contribution in [3.63, 3.8) is 0 Å². The zero-order chi connectivity index (χ0) is 36.1. The third-order valence-corrected chi connectivity index (χ3v) is 10.8. The van der Waals surface area contributed by atoms with Crippen molar-refractivity contribution in [1.82, 2.24) is 0 Å². The van der Waals surface area contributed by atoms with Gasteiger partial charge in [-0.3, -0.25) is 24.1 Å². The number of ketones is 2. The summed E-state index contributed by atoms with van der Waals surface area (Å²) in [5.41, 5.74) is 3.86. The molecule has 0 saturated carbocycles. The van der Waals surface area contributed by atoms with Gasteiger partial charge in [-0.1, -0.05) is 35.9 Å². The van der Waals surface area contributed by atoms with E-state index in [1.54, 1.807) is 26.4 Å². The number of halogens is 1. The maximum atomic E-state index is 14.4. The maximum Gasteiger partial charge on any atom is 0.238 e. The van der Waals surface area contributed by atoms with Gasteiger partial charge in [0, 0.05) is 46.4 Å². The number of aromatic hydroxyl groups is 1. The summed E-state index contributed by atoms with van der Waals surface area (Å²) in [6.45, 7) is 0. The molecule has 1 heterocycles. The van der Waals surface area contributed by atoms with E-state index in [0.29, 0.717) is 22.7 Å². The lowest BCUT2D eigenvalue weighted by molar-refractivity contribution is -0.123. The van der Waals surface area contributed by atoms with Crippen LogP contribution in [0.3, 0.4) is 0 Å². The van der Waals surface area contributed by atoms with Gasteiger partial charge in [-0.15, -0.1) is 0 Å². The predicted octanol–water partition coefficient (Wildman–Crippen LogP) is 6.56. The summed E-state index contributed by atoms with van der Waals surface area (Å²) in [4.78, 5) is 57.0. The Hall–Kier alpha value is -5.42. The van der Waals surface area contributed by atoms with Crippen LogP contribution in [0.4, 0.5) is 5.69 Å². The summed E-state index contributed by atoms with van der Waals surface area (Å²) in [6.07, 6.45) is 7.36. The van der Waals surface area contributed by atoms with Crippen molar-refractivity contribution in [3.05, 3.63) is 105 Å². The van der Waals surface area contributed by atoms with Crippen LogP contribution in [0.5, 0.6) is 28.7 Å². The number of hydrogen-bond acceptors (Lipinski definition) is 9. The first kappa shape index (κ1) is 34.0. The standard InChI is InChI=1S/C40H34BrNO9/c1-48-24-11-14-31(49-2)21(15-24)8-5-20-6-9-22(10-7-20)42-39(46)26-13-12-25-27(34(26)40(42)47)18-28-35(30(44)19-29(41)38(28)45)36(25)37-32(50-3)16-23(43)17-33(37)51-4/h5-12,14-17,19,26-27,34,36,43H,13,18H2,1-4H3. The number of amides is 2. The van der Waals surface area contributed by atoms with E-state index in [0.717, 1.165) is 16.7 Å². The molecule has 3 aromatic carbocycles. The largest absolute Gasteiger partial charge is 0.508 e. The summed E-state index contributed by atoms with van der Waals surface area (Å²) in [5.74, 6) is -2.37. The number of ether oxygens (including phenoxy) is 4. The molecule has 0 spiro atoms. The van der Waals surface area contributed by atoms with Crippen LogP contribution in [-0.4, -0.2) is 56.9 Å². The molecule has 0 bridgehead atoms. The molecule has 1 fully saturated rings. The third-order valence-electron chi connectivity index (χ3n) is 10.2. The minimum atomic E-state index is -0.815. The Morgan fingerprint density at radius 1 is 0.804 bits per heavy atom. The summed E-state index contributed by atoms with van der Waals surface area (Å²) in [5, 5.41) is 10.4. The molecule has 1 N–H and O–H groups in total. The van der Waals surface area contributed by atoms with Gasteiger partial charge in [-0.2, -0.15) is 0 Å². The average Bonchev–Trinajstić information content (AvgIpc) is 3.40. The molecule has 4 unspecified atom stereocenters. The fraction of sp³-hybridized carbons (Fsp3) is 0.250. The first-order valence-corrected chi connectivity index (χ1v) is 17.1. The van der Waals surface area contributed by atoms with Crippen molar-refractivity contribution in [3.8, 4) is 28.7 Å². The number of Topliss-reactive ketones (excluding diaryl/α,β-unsaturated/α-hetero) is 1. The number of imide groups is 1. The first-order chi connectivity index (χ1) is 24.6. The normalized spacial score (nSPS) is 22.7. The van der Waals surface area contributed by atoms with E-state index < -0.39 is 23.7 Å². The fourth-order valence-electron chi connectivity index (χ4n) is 7.89. The Labute approximate surface area is 302 Å². The highest BCUT2D eigenvalue weighted by molar-refractivity contribution is 9.12. The summed E-state index contributed by atoms with van der Waals surface area (Å²) in [7, 11) is 6.08. The van der Waals surface area contributed by atoms with Crippen molar-refractivity contribution in [2.75, 3.05) is 33.3 Å². The number of methoxy groups -OCH3 is 4. The van der Waals surface area contributed by atoms with Gasteiger partial charge < -0.3 is 24.1 Å². The van der Waals surface area contributed by atoms with Crippen LogP contribution in [0.25, 0.3) is 12.2 Å². The lowest BCUT2D eigenvalue weighted by Gasteiger charge is -2.42. The molecule has 10 nitrogen and oxygen atoms in total. The topological polar surface area (TPSA) is 129 Å². The predicted molar refractivity (Wildman–Crippen MR) is 193 cm³/mol. The van der Waals surface area contributed by atoms with Gasteiger partial charge in [-0.05, 0) is 70.6 Å². The minimum Gasteiger partial charge on any atom is -0.508 e. The molecule has 1 aliphatic heterocycles. The highest BCUT2D eigenvalue weighted by Crippen LogP contribution is 2.58. The van der Waals surface area contributed by atoms with Gasteiger partial charge in [-0.25, -0.2) is 0 Å². The SMILES string of the molecule is COc1ccc(OC)c(C=Cc2ccc(N3C(=O)C4CC=C5C(c6c(OC)cc(O)cc6OC)C6=C(CC5C4C3=O)C(=O)C(Br)=CC6=O)cc2)c1.